The Balaban J connectivity index is 2.91. The molecule has 0 aliphatic carbocycles. The van der Waals surface area contributed by atoms with Crippen LogP contribution in [0.4, 0.5) is 0 Å². The molecule has 0 bridgehead atoms. The Morgan fingerprint density at radius 2 is 1.71 bits per heavy atom. The van der Waals surface area contributed by atoms with Crippen molar-refractivity contribution in [3.8, 4) is 0 Å². The Morgan fingerprint density at radius 3 is 2.14 bits per heavy atom. The van der Waals surface area contributed by atoms with Crippen LogP contribution >= 0.6 is 0 Å². The van der Waals surface area contributed by atoms with Gasteiger partial charge in [0.05, 0.1) is 5.54 Å². The molecule has 0 heterocycles. The van der Waals surface area contributed by atoms with Gasteiger partial charge in [-0.15, -0.1) is 0 Å². The minimum atomic E-state index is -0.292. The summed E-state index contributed by atoms with van der Waals surface area (Å²) in [6.07, 6.45) is 0. The summed E-state index contributed by atoms with van der Waals surface area (Å²) in [4.78, 5) is 11.0. The van der Waals surface area contributed by atoms with Gasteiger partial charge in [-0.2, -0.15) is 0 Å². The second-order valence-electron chi connectivity index (χ2n) is 4.17. The van der Waals surface area contributed by atoms with Gasteiger partial charge in [-0.05, 0) is 26.3 Å². The molecule has 0 saturated carbocycles. The Kier molecular flexibility index (Phi) is 2.94. The Labute approximate surface area is 85.3 Å². The van der Waals surface area contributed by atoms with E-state index in [4.69, 9.17) is 0 Å². The minimum Gasteiger partial charge on any atom is -0.347 e. The lowest BCUT2D eigenvalue weighted by Crippen LogP contribution is -2.39. The molecule has 76 valence electrons. The third-order valence-electron chi connectivity index (χ3n) is 2.26. The van der Waals surface area contributed by atoms with Crippen LogP contribution < -0.4 is 5.32 Å². The van der Waals surface area contributed by atoms with E-state index < -0.39 is 0 Å². The molecule has 0 unspecified atom stereocenters. The Hall–Kier alpha value is -1.31. The summed E-state index contributed by atoms with van der Waals surface area (Å²) in [5, 5.41) is 2.92. The van der Waals surface area contributed by atoms with Gasteiger partial charge < -0.3 is 5.32 Å². The SMILES string of the molecule is CC(=O)NC(C)(C)c1ccc(C)cc1. The molecule has 0 aliphatic rings. The van der Waals surface area contributed by atoms with Crippen molar-refractivity contribution in [2.24, 2.45) is 0 Å². The average molecular weight is 191 g/mol. The lowest BCUT2D eigenvalue weighted by molar-refractivity contribution is -0.120. The number of hydrogen-bond donors (Lipinski definition) is 1. The minimum absolute atomic E-state index is 0.00410. The van der Waals surface area contributed by atoms with Crippen LogP contribution in [0, 0.1) is 6.92 Å². The second kappa shape index (κ2) is 3.82. The first kappa shape index (κ1) is 10.8. The molecule has 2 heteroatoms. The van der Waals surface area contributed by atoms with Crippen molar-refractivity contribution in [2.45, 2.75) is 33.2 Å². The van der Waals surface area contributed by atoms with Gasteiger partial charge in [0.25, 0.3) is 0 Å². The summed E-state index contributed by atoms with van der Waals surface area (Å²) < 4.78 is 0. The van der Waals surface area contributed by atoms with Gasteiger partial charge in [-0.1, -0.05) is 29.8 Å². The van der Waals surface area contributed by atoms with E-state index in [1.165, 1.54) is 12.5 Å². The molecule has 1 aromatic carbocycles. The van der Waals surface area contributed by atoms with E-state index in [2.05, 4.69) is 24.4 Å². The number of hydrogen-bond acceptors (Lipinski definition) is 1. The van der Waals surface area contributed by atoms with E-state index in [1.54, 1.807) is 0 Å². The first-order chi connectivity index (χ1) is 6.42. The van der Waals surface area contributed by atoms with Crippen molar-refractivity contribution in [1.29, 1.82) is 0 Å². The van der Waals surface area contributed by atoms with Crippen LogP contribution in [0.1, 0.15) is 31.9 Å². The maximum Gasteiger partial charge on any atom is 0.217 e. The molecule has 1 amide bonds. The predicted molar refractivity (Wildman–Crippen MR) is 58.0 cm³/mol. The van der Waals surface area contributed by atoms with Gasteiger partial charge in [0.2, 0.25) is 5.91 Å². The fourth-order valence-corrected chi connectivity index (χ4v) is 1.48. The molecule has 1 aromatic rings. The average Bonchev–Trinajstić information content (AvgIpc) is 2.02. The highest BCUT2D eigenvalue weighted by atomic mass is 16.1. The highest BCUT2D eigenvalue weighted by Crippen LogP contribution is 2.19. The van der Waals surface area contributed by atoms with E-state index in [0.717, 1.165) is 5.56 Å². The first-order valence-corrected chi connectivity index (χ1v) is 4.78. The van der Waals surface area contributed by atoms with Crippen LogP contribution in [-0.4, -0.2) is 5.91 Å². The van der Waals surface area contributed by atoms with Crippen LogP contribution in [0.3, 0.4) is 0 Å². The van der Waals surface area contributed by atoms with Crippen molar-refractivity contribution >= 4 is 5.91 Å². The van der Waals surface area contributed by atoms with Crippen LogP contribution in [0.15, 0.2) is 24.3 Å². The molecule has 14 heavy (non-hydrogen) atoms. The fourth-order valence-electron chi connectivity index (χ4n) is 1.48. The van der Waals surface area contributed by atoms with E-state index in [-0.39, 0.29) is 11.4 Å². The zero-order chi connectivity index (χ0) is 10.8. The summed E-state index contributed by atoms with van der Waals surface area (Å²) in [5.41, 5.74) is 2.06. The highest BCUT2D eigenvalue weighted by molar-refractivity contribution is 5.74. The number of benzene rings is 1. The molecule has 1 rings (SSSR count). The van der Waals surface area contributed by atoms with Crippen LogP contribution in [0.25, 0.3) is 0 Å². The summed E-state index contributed by atoms with van der Waals surface area (Å²) in [5.74, 6) is -0.00410. The fraction of sp³-hybridized carbons (Fsp3) is 0.417. The molecule has 2 nitrogen and oxygen atoms in total. The molecule has 0 aromatic heterocycles. The number of rotatable bonds is 2. The highest BCUT2D eigenvalue weighted by Gasteiger charge is 2.20. The number of nitrogens with one attached hydrogen (secondary N) is 1. The molecule has 0 fully saturated rings. The molecule has 0 atom stereocenters. The van der Waals surface area contributed by atoms with E-state index in [9.17, 15) is 4.79 Å². The quantitative estimate of drug-likeness (QED) is 0.764. The molecule has 0 spiro atoms. The van der Waals surface area contributed by atoms with Crippen molar-refractivity contribution in [3.63, 3.8) is 0 Å². The molecular weight excluding hydrogens is 174 g/mol. The zero-order valence-electron chi connectivity index (χ0n) is 9.22. The number of aryl methyl sites for hydroxylation is 1. The predicted octanol–water partition coefficient (Wildman–Crippen LogP) is 2.37. The molecule has 0 aliphatic heterocycles. The topological polar surface area (TPSA) is 29.1 Å². The summed E-state index contributed by atoms with van der Waals surface area (Å²) in [6.45, 7) is 7.59. The maximum absolute atomic E-state index is 11.0. The zero-order valence-corrected chi connectivity index (χ0v) is 9.22. The monoisotopic (exact) mass is 191 g/mol. The van der Waals surface area contributed by atoms with Gasteiger partial charge >= 0.3 is 0 Å². The standard InChI is InChI=1S/C12H17NO/c1-9-5-7-11(8-6-9)12(3,4)13-10(2)14/h5-8H,1-4H3,(H,13,14). The number of carbonyl (C=O) groups excluding carboxylic acids is 1. The Bertz CT molecular complexity index is 325. The normalized spacial score (nSPS) is 11.1. The summed E-state index contributed by atoms with van der Waals surface area (Å²) in [7, 11) is 0. The first-order valence-electron chi connectivity index (χ1n) is 4.78. The van der Waals surface area contributed by atoms with Gasteiger partial charge in [0.15, 0.2) is 0 Å². The van der Waals surface area contributed by atoms with Crippen LogP contribution in [0.5, 0.6) is 0 Å². The molecular formula is C12H17NO. The Morgan fingerprint density at radius 1 is 1.21 bits per heavy atom. The number of amides is 1. The largest absolute Gasteiger partial charge is 0.347 e. The van der Waals surface area contributed by atoms with Gasteiger partial charge in [-0.3, -0.25) is 4.79 Å². The molecule has 1 N–H and O–H groups in total. The summed E-state index contributed by atoms with van der Waals surface area (Å²) >= 11 is 0. The third kappa shape index (κ3) is 2.59. The van der Waals surface area contributed by atoms with Gasteiger partial charge in [0.1, 0.15) is 0 Å². The van der Waals surface area contributed by atoms with Crippen molar-refractivity contribution in [2.75, 3.05) is 0 Å². The van der Waals surface area contributed by atoms with E-state index in [0.29, 0.717) is 0 Å². The van der Waals surface area contributed by atoms with Crippen molar-refractivity contribution in [1.82, 2.24) is 5.32 Å². The van der Waals surface area contributed by atoms with Crippen molar-refractivity contribution in [3.05, 3.63) is 35.4 Å². The van der Waals surface area contributed by atoms with Gasteiger partial charge in [-0.25, -0.2) is 0 Å². The van der Waals surface area contributed by atoms with E-state index >= 15 is 0 Å². The smallest absolute Gasteiger partial charge is 0.217 e. The second-order valence-corrected chi connectivity index (χ2v) is 4.17. The van der Waals surface area contributed by atoms with E-state index in [1.807, 2.05) is 26.0 Å². The molecule has 0 saturated heterocycles. The maximum atomic E-state index is 11.0. The lowest BCUT2D eigenvalue weighted by atomic mass is 9.93. The van der Waals surface area contributed by atoms with Crippen LogP contribution in [0.2, 0.25) is 0 Å². The lowest BCUT2D eigenvalue weighted by Gasteiger charge is -2.26. The number of carbonyl (C=O) groups is 1. The van der Waals surface area contributed by atoms with Crippen LogP contribution in [-0.2, 0) is 10.3 Å². The van der Waals surface area contributed by atoms with Crippen molar-refractivity contribution < 1.29 is 4.79 Å². The summed E-state index contributed by atoms with van der Waals surface area (Å²) in [6, 6.07) is 8.20. The van der Waals surface area contributed by atoms with Gasteiger partial charge in [0, 0.05) is 6.92 Å². The molecule has 0 radical (unpaired) electrons. The third-order valence-corrected chi connectivity index (χ3v) is 2.26.